The minimum Gasteiger partial charge on any atom is -0.469 e. The van der Waals surface area contributed by atoms with Crippen molar-refractivity contribution in [3.63, 3.8) is 0 Å². The molecular weight excluding hydrogens is 409 g/mol. The third-order valence-corrected chi connectivity index (χ3v) is 4.78. The number of ether oxygens (including phenoxy) is 1. The first-order valence-corrected chi connectivity index (χ1v) is 9.21. The molecule has 2 heterocycles. The number of nitrogens with one attached hydrogen (secondary N) is 2. The average Bonchev–Trinajstić information content (AvgIpc) is 3.36. The maximum Gasteiger partial charge on any atom is 0.573 e. The van der Waals surface area contributed by atoms with Gasteiger partial charge in [-0.15, -0.1) is 24.5 Å². The van der Waals surface area contributed by atoms with E-state index in [1.165, 1.54) is 29.7 Å². The lowest BCUT2D eigenvalue weighted by Crippen LogP contribution is -2.37. The van der Waals surface area contributed by atoms with Crippen LogP contribution in [0.25, 0.3) is 0 Å². The van der Waals surface area contributed by atoms with Gasteiger partial charge in [0, 0.05) is 17.1 Å². The van der Waals surface area contributed by atoms with Gasteiger partial charge in [0.15, 0.2) is 0 Å². The van der Waals surface area contributed by atoms with Gasteiger partial charge >= 0.3 is 18.2 Å². The zero-order chi connectivity index (χ0) is 20.9. The molecule has 0 aliphatic heterocycles. The van der Waals surface area contributed by atoms with Gasteiger partial charge in [-0.2, -0.15) is 0 Å². The summed E-state index contributed by atoms with van der Waals surface area (Å²) in [5, 5.41) is 6.76. The number of benzene rings is 1. The predicted molar refractivity (Wildman–Crippen MR) is 99.6 cm³/mol. The van der Waals surface area contributed by atoms with Crippen LogP contribution in [0.15, 0.2) is 64.6 Å². The summed E-state index contributed by atoms with van der Waals surface area (Å²) in [5.41, 5.74) is 0.153. The highest BCUT2D eigenvalue weighted by Gasteiger charge is 2.31. The second-order valence-electron chi connectivity index (χ2n) is 5.82. The Bertz CT molecular complexity index is 905. The fraction of sp³-hybridized carbons (Fsp3) is 0.158. The Morgan fingerprint density at radius 3 is 2.41 bits per heavy atom. The van der Waals surface area contributed by atoms with E-state index in [1.807, 2.05) is 17.5 Å². The Kier molecular flexibility index (Phi) is 6.23. The first-order valence-electron chi connectivity index (χ1n) is 8.33. The van der Waals surface area contributed by atoms with E-state index in [9.17, 15) is 22.8 Å². The van der Waals surface area contributed by atoms with Crippen molar-refractivity contribution in [1.82, 2.24) is 5.32 Å². The standard InChI is InChI=1S/C19H15F3N2O4S/c20-19(21,22)28-13-7-5-12(6-8-13)24-18(26)17(25)23-11-14(15-3-1-9-27-15)16-4-2-10-29-16/h1-10,14H,11H2,(H,23,25)(H,24,26)/t14-/m1/s1. The number of amides is 2. The Balaban J connectivity index is 1.57. The third-order valence-electron chi connectivity index (χ3n) is 3.79. The second-order valence-corrected chi connectivity index (χ2v) is 6.80. The first kappa shape index (κ1) is 20.5. The summed E-state index contributed by atoms with van der Waals surface area (Å²) >= 11 is 1.49. The lowest BCUT2D eigenvalue weighted by atomic mass is 10.0. The van der Waals surface area contributed by atoms with Gasteiger partial charge in [0.05, 0.1) is 12.2 Å². The minimum absolute atomic E-state index is 0.138. The second kappa shape index (κ2) is 8.82. The maximum absolute atomic E-state index is 12.2. The van der Waals surface area contributed by atoms with Crippen LogP contribution in [0.2, 0.25) is 0 Å². The molecule has 0 saturated heterocycles. The molecule has 0 aliphatic rings. The molecule has 10 heteroatoms. The van der Waals surface area contributed by atoms with Gasteiger partial charge in [0.25, 0.3) is 0 Å². The first-order chi connectivity index (χ1) is 13.8. The molecule has 0 fully saturated rings. The highest BCUT2D eigenvalue weighted by atomic mass is 32.1. The van der Waals surface area contributed by atoms with E-state index in [4.69, 9.17) is 4.42 Å². The van der Waals surface area contributed by atoms with E-state index in [-0.39, 0.29) is 18.2 Å². The molecule has 2 amide bonds. The van der Waals surface area contributed by atoms with Crippen molar-refractivity contribution in [3.8, 4) is 5.75 Å². The zero-order valence-corrected chi connectivity index (χ0v) is 15.5. The molecule has 0 spiro atoms. The Labute approximate surface area is 167 Å². The van der Waals surface area contributed by atoms with Crippen LogP contribution in [0.1, 0.15) is 16.6 Å². The average molecular weight is 424 g/mol. The van der Waals surface area contributed by atoms with Crippen LogP contribution in [0.5, 0.6) is 5.75 Å². The van der Waals surface area contributed by atoms with Gasteiger partial charge in [-0.25, -0.2) is 0 Å². The van der Waals surface area contributed by atoms with Crippen molar-refractivity contribution in [2.75, 3.05) is 11.9 Å². The van der Waals surface area contributed by atoms with E-state index >= 15 is 0 Å². The molecule has 0 radical (unpaired) electrons. The van der Waals surface area contributed by atoms with Crippen molar-refractivity contribution in [1.29, 1.82) is 0 Å². The van der Waals surface area contributed by atoms with Crippen LogP contribution in [0.4, 0.5) is 18.9 Å². The molecule has 29 heavy (non-hydrogen) atoms. The molecule has 2 N–H and O–H groups in total. The van der Waals surface area contributed by atoms with Gasteiger partial charge in [-0.3, -0.25) is 9.59 Å². The molecule has 3 aromatic rings. The lowest BCUT2D eigenvalue weighted by molar-refractivity contribution is -0.274. The predicted octanol–water partition coefficient (Wildman–Crippen LogP) is 4.13. The molecule has 0 saturated carbocycles. The van der Waals surface area contributed by atoms with Gasteiger partial charge < -0.3 is 19.8 Å². The van der Waals surface area contributed by atoms with E-state index < -0.39 is 23.9 Å². The van der Waals surface area contributed by atoms with Crippen LogP contribution in [-0.4, -0.2) is 24.7 Å². The van der Waals surface area contributed by atoms with Crippen molar-refractivity contribution < 1.29 is 31.9 Å². The monoisotopic (exact) mass is 424 g/mol. The normalized spacial score (nSPS) is 12.2. The fourth-order valence-electron chi connectivity index (χ4n) is 2.52. The van der Waals surface area contributed by atoms with Crippen LogP contribution >= 0.6 is 11.3 Å². The fourth-order valence-corrected chi connectivity index (χ4v) is 3.36. The van der Waals surface area contributed by atoms with Crippen molar-refractivity contribution in [2.24, 2.45) is 0 Å². The van der Waals surface area contributed by atoms with Gasteiger partial charge in [-0.1, -0.05) is 6.07 Å². The number of halogens is 3. The molecule has 1 atom stereocenters. The third kappa shape index (κ3) is 5.85. The Hall–Kier alpha value is -3.27. The van der Waals surface area contributed by atoms with Gasteiger partial charge in [0.1, 0.15) is 11.5 Å². The topological polar surface area (TPSA) is 80.6 Å². The van der Waals surface area contributed by atoms with Crippen molar-refractivity contribution in [2.45, 2.75) is 12.3 Å². The number of carbonyl (C=O) groups is 2. The van der Waals surface area contributed by atoms with E-state index in [1.54, 1.807) is 12.1 Å². The molecule has 1 aromatic carbocycles. The Morgan fingerprint density at radius 1 is 1.07 bits per heavy atom. The van der Waals surface area contributed by atoms with Gasteiger partial charge in [-0.05, 0) is 47.8 Å². The summed E-state index contributed by atoms with van der Waals surface area (Å²) < 4.78 is 45.6. The number of rotatable bonds is 6. The number of thiophene rings is 1. The van der Waals surface area contributed by atoms with Crippen LogP contribution in [0.3, 0.4) is 0 Å². The van der Waals surface area contributed by atoms with Crippen LogP contribution < -0.4 is 15.4 Å². The van der Waals surface area contributed by atoms with Crippen molar-refractivity contribution >= 4 is 28.8 Å². The zero-order valence-electron chi connectivity index (χ0n) is 14.7. The SMILES string of the molecule is O=C(NC[C@H](c1ccco1)c1cccs1)C(=O)Nc1ccc(OC(F)(F)F)cc1. The lowest BCUT2D eigenvalue weighted by Gasteiger charge is -2.14. The largest absolute Gasteiger partial charge is 0.573 e. The molecule has 0 unspecified atom stereocenters. The molecule has 0 bridgehead atoms. The summed E-state index contributed by atoms with van der Waals surface area (Å²) in [6.45, 7) is 0.138. The summed E-state index contributed by atoms with van der Waals surface area (Å²) in [5.74, 6) is -1.86. The maximum atomic E-state index is 12.2. The molecule has 6 nitrogen and oxygen atoms in total. The molecule has 3 rings (SSSR count). The molecular formula is C19H15F3N2O4S. The van der Waals surface area contributed by atoms with Crippen molar-refractivity contribution in [3.05, 3.63) is 70.8 Å². The summed E-state index contributed by atoms with van der Waals surface area (Å²) in [6.07, 6.45) is -3.28. The van der Waals surface area contributed by atoms with E-state index in [2.05, 4.69) is 15.4 Å². The number of furan rings is 1. The highest BCUT2D eigenvalue weighted by molar-refractivity contribution is 7.10. The highest BCUT2D eigenvalue weighted by Crippen LogP contribution is 2.28. The number of anilines is 1. The quantitative estimate of drug-likeness (QED) is 0.584. The molecule has 2 aromatic heterocycles. The smallest absolute Gasteiger partial charge is 0.469 e. The van der Waals surface area contributed by atoms with E-state index in [0.29, 0.717) is 5.76 Å². The Morgan fingerprint density at radius 2 is 1.83 bits per heavy atom. The van der Waals surface area contributed by atoms with Crippen LogP contribution in [-0.2, 0) is 9.59 Å². The number of alkyl halides is 3. The molecule has 0 aliphatic carbocycles. The number of carbonyl (C=O) groups excluding carboxylic acids is 2. The van der Waals surface area contributed by atoms with Crippen LogP contribution in [0, 0.1) is 0 Å². The minimum atomic E-state index is -4.81. The summed E-state index contributed by atoms with van der Waals surface area (Å²) in [7, 11) is 0. The summed E-state index contributed by atoms with van der Waals surface area (Å²) in [4.78, 5) is 25.1. The number of hydrogen-bond acceptors (Lipinski definition) is 5. The summed E-state index contributed by atoms with van der Waals surface area (Å²) in [6, 6.07) is 11.7. The van der Waals surface area contributed by atoms with Gasteiger partial charge in [0.2, 0.25) is 0 Å². The van der Waals surface area contributed by atoms with E-state index in [0.717, 1.165) is 17.0 Å². The molecule has 152 valence electrons. The number of hydrogen-bond donors (Lipinski definition) is 2.